The average molecular weight is 398 g/mol. The van der Waals surface area contributed by atoms with Crippen LogP contribution in [0.25, 0.3) is 22.7 Å². The zero-order valence-corrected chi connectivity index (χ0v) is 16.4. The summed E-state index contributed by atoms with van der Waals surface area (Å²) in [5.41, 5.74) is 3.99. The Hall–Kier alpha value is -4.20. The maximum Gasteiger partial charge on any atom is 0.274 e. The molecule has 8 heteroatoms. The van der Waals surface area contributed by atoms with E-state index in [9.17, 15) is 4.79 Å². The number of pyridine rings is 1. The van der Waals surface area contributed by atoms with Crippen molar-refractivity contribution in [2.24, 2.45) is 0 Å². The number of carbonyl (C=O) groups excluding carboxylic acids is 1. The topological polar surface area (TPSA) is 85.8 Å². The first-order chi connectivity index (χ1) is 14.6. The van der Waals surface area contributed by atoms with Crippen molar-refractivity contribution in [1.82, 2.24) is 23.8 Å². The number of anilines is 1. The summed E-state index contributed by atoms with van der Waals surface area (Å²) in [5, 5.41) is 2.97. The van der Waals surface area contributed by atoms with E-state index in [1.807, 2.05) is 72.4 Å². The molecule has 0 radical (unpaired) electrons. The van der Waals surface area contributed by atoms with Gasteiger partial charge in [-0.3, -0.25) is 13.6 Å². The summed E-state index contributed by atoms with van der Waals surface area (Å²) in [6.07, 6.45) is 7.30. The van der Waals surface area contributed by atoms with Crippen LogP contribution in [0.2, 0.25) is 0 Å². The molecule has 5 rings (SSSR count). The normalized spacial score (nSPS) is 11.1. The zero-order chi connectivity index (χ0) is 20.7. The Bertz CT molecular complexity index is 1370. The molecule has 0 unspecified atom stereocenters. The third-order valence-corrected chi connectivity index (χ3v) is 4.90. The molecule has 0 aliphatic heterocycles. The van der Waals surface area contributed by atoms with Crippen LogP contribution in [-0.2, 0) is 0 Å². The summed E-state index contributed by atoms with van der Waals surface area (Å²) in [5.74, 6) is 0.897. The first-order valence-electron chi connectivity index (χ1n) is 9.37. The van der Waals surface area contributed by atoms with Crippen LogP contribution in [0.1, 0.15) is 16.2 Å². The third kappa shape index (κ3) is 2.95. The second-order valence-corrected chi connectivity index (χ2v) is 6.80. The maximum atomic E-state index is 13.1. The number of benzene rings is 1. The molecule has 0 spiro atoms. The van der Waals surface area contributed by atoms with Gasteiger partial charge in [0.2, 0.25) is 5.78 Å². The van der Waals surface area contributed by atoms with Crippen molar-refractivity contribution in [3.8, 4) is 17.0 Å². The molecule has 0 saturated carbocycles. The lowest BCUT2D eigenvalue weighted by Gasteiger charge is -2.12. The first kappa shape index (κ1) is 17.9. The monoisotopic (exact) mass is 398 g/mol. The number of fused-ring (bicyclic) bond motifs is 2. The maximum absolute atomic E-state index is 13.1. The molecule has 8 nitrogen and oxygen atoms in total. The second kappa shape index (κ2) is 7.00. The number of aryl methyl sites for hydroxylation is 1. The molecule has 4 heterocycles. The smallest absolute Gasteiger partial charge is 0.274 e. The van der Waals surface area contributed by atoms with Crippen LogP contribution in [0.3, 0.4) is 0 Å². The van der Waals surface area contributed by atoms with Crippen LogP contribution in [0.15, 0.2) is 67.3 Å². The van der Waals surface area contributed by atoms with Gasteiger partial charge >= 0.3 is 0 Å². The van der Waals surface area contributed by atoms with E-state index in [1.165, 1.54) is 0 Å². The van der Waals surface area contributed by atoms with E-state index in [4.69, 9.17) is 4.74 Å². The largest absolute Gasteiger partial charge is 0.495 e. The van der Waals surface area contributed by atoms with Crippen LogP contribution < -0.4 is 10.1 Å². The number of amides is 1. The van der Waals surface area contributed by atoms with Gasteiger partial charge < -0.3 is 10.1 Å². The summed E-state index contributed by atoms with van der Waals surface area (Å²) in [7, 11) is 1.57. The fraction of sp³-hybridized carbons (Fsp3) is 0.0909. The van der Waals surface area contributed by atoms with Gasteiger partial charge in [-0.25, -0.2) is 15.0 Å². The van der Waals surface area contributed by atoms with Gasteiger partial charge in [-0.15, -0.1) is 0 Å². The number of imidazole rings is 2. The number of ether oxygens (including phenoxy) is 1. The highest BCUT2D eigenvalue weighted by molar-refractivity contribution is 6.05. The number of nitrogens with zero attached hydrogens (tertiary/aromatic N) is 5. The SMILES string of the molecule is COc1ccc(-c2cn3cccnc3n2)cc1NC(=O)c1c(C)nc2ccccn12. The van der Waals surface area contributed by atoms with E-state index in [0.717, 1.165) is 16.9 Å². The van der Waals surface area contributed by atoms with Crippen LogP contribution in [0, 0.1) is 6.92 Å². The molecule has 0 fully saturated rings. The molecule has 0 bridgehead atoms. The van der Waals surface area contributed by atoms with Crippen LogP contribution in [-0.4, -0.2) is 36.8 Å². The molecule has 4 aromatic heterocycles. The third-order valence-electron chi connectivity index (χ3n) is 4.90. The van der Waals surface area contributed by atoms with Gasteiger partial charge in [0.25, 0.3) is 5.91 Å². The lowest BCUT2D eigenvalue weighted by molar-refractivity contribution is 0.102. The molecule has 0 atom stereocenters. The van der Waals surface area contributed by atoms with Gasteiger partial charge in [-0.1, -0.05) is 6.07 Å². The van der Waals surface area contributed by atoms with Crippen molar-refractivity contribution in [1.29, 1.82) is 0 Å². The van der Waals surface area contributed by atoms with Gasteiger partial charge in [0.15, 0.2) is 0 Å². The zero-order valence-electron chi connectivity index (χ0n) is 16.4. The fourth-order valence-electron chi connectivity index (χ4n) is 3.50. The predicted octanol–water partition coefficient (Wildman–Crippen LogP) is 3.61. The van der Waals surface area contributed by atoms with Crippen molar-refractivity contribution >= 4 is 23.0 Å². The predicted molar refractivity (Wildman–Crippen MR) is 113 cm³/mol. The molecule has 0 aliphatic rings. The summed E-state index contributed by atoms with van der Waals surface area (Å²) >= 11 is 0. The lowest BCUT2D eigenvalue weighted by Crippen LogP contribution is -2.16. The Morgan fingerprint density at radius 1 is 1.10 bits per heavy atom. The quantitative estimate of drug-likeness (QED) is 0.500. The van der Waals surface area contributed by atoms with E-state index in [1.54, 1.807) is 17.7 Å². The Kier molecular flexibility index (Phi) is 4.17. The standard InChI is InChI=1S/C22H18N6O2/c1-14-20(28-11-4-3-6-19(28)24-14)21(29)25-16-12-15(7-8-18(16)30-2)17-13-27-10-5-9-23-22(27)26-17/h3-13H,1-2H3,(H,25,29). The van der Waals surface area contributed by atoms with Crippen molar-refractivity contribution in [3.63, 3.8) is 0 Å². The Labute approximate surface area is 171 Å². The molecule has 1 aromatic carbocycles. The average Bonchev–Trinajstić information content (AvgIpc) is 3.33. The Balaban J connectivity index is 1.54. The van der Waals surface area contributed by atoms with Crippen molar-refractivity contribution in [2.75, 3.05) is 12.4 Å². The number of rotatable bonds is 4. The highest BCUT2D eigenvalue weighted by atomic mass is 16.5. The molecule has 1 N–H and O–H groups in total. The van der Waals surface area contributed by atoms with E-state index in [2.05, 4.69) is 20.3 Å². The lowest BCUT2D eigenvalue weighted by atomic mass is 10.1. The van der Waals surface area contributed by atoms with Crippen molar-refractivity contribution in [2.45, 2.75) is 6.92 Å². The highest BCUT2D eigenvalue weighted by Crippen LogP contribution is 2.31. The molecule has 5 aromatic rings. The fourth-order valence-corrected chi connectivity index (χ4v) is 3.50. The van der Waals surface area contributed by atoms with Crippen LogP contribution in [0.5, 0.6) is 5.75 Å². The van der Waals surface area contributed by atoms with Crippen molar-refractivity contribution in [3.05, 3.63) is 78.6 Å². The minimum absolute atomic E-state index is 0.265. The minimum Gasteiger partial charge on any atom is -0.495 e. The van der Waals surface area contributed by atoms with E-state index in [-0.39, 0.29) is 5.91 Å². The number of aromatic nitrogens is 5. The number of hydrogen-bond acceptors (Lipinski definition) is 5. The number of nitrogens with one attached hydrogen (secondary N) is 1. The van der Waals surface area contributed by atoms with Gasteiger partial charge in [-0.05, 0) is 43.3 Å². The van der Waals surface area contributed by atoms with Gasteiger partial charge in [0.05, 0.1) is 24.2 Å². The first-order valence-corrected chi connectivity index (χ1v) is 9.37. The molecule has 0 saturated heterocycles. The van der Waals surface area contributed by atoms with E-state index < -0.39 is 0 Å². The van der Waals surface area contributed by atoms with Gasteiger partial charge in [0, 0.05) is 30.4 Å². The van der Waals surface area contributed by atoms with Crippen molar-refractivity contribution < 1.29 is 9.53 Å². The highest BCUT2D eigenvalue weighted by Gasteiger charge is 2.18. The van der Waals surface area contributed by atoms with Gasteiger partial charge in [-0.2, -0.15) is 0 Å². The number of methoxy groups -OCH3 is 1. The molecular weight excluding hydrogens is 380 g/mol. The molecular formula is C22H18N6O2. The summed E-state index contributed by atoms with van der Waals surface area (Å²) < 4.78 is 9.08. The minimum atomic E-state index is -0.265. The summed E-state index contributed by atoms with van der Waals surface area (Å²) in [6, 6.07) is 13.0. The molecule has 0 aliphatic carbocycles. The van der Waals surface area contributed by atoms with E-state index in [0.29, 0.717) is 28.6 Å². The molecule has 148 valence electrons. The summed E-state index contributed by atoms with van der Waals surface area (Å²) in [4.78, 5) is 26.4. The van der Waals surface area contributed by atoms with Crippen LogP contribution >= 0.6 is 0 Å². The molecule has 1 amide bonds. The van der Waals surface area contributed by atoms with E-state index >= 15 is 0 Å². The Morgan fingerprint density at radius 2 is 2.00 bits per heavy atom. The Morgan fingerprint density at radius 3 is 2.83 bits per heavy atom. The molecule has 30 heavy (non-hydrogen) atoms. The summed E-state index contributed by atoms with van der Waals surface area (Å²) in [6.45, 7) is 1.82. The van der Waals surface area contributed by atoms with Gasteiger partial charge in [0.1, 0.15) is 17.1 Å². The number of carbonyl (C=O) groups is 1. The number of hydrogen-bond donors (Lipinski definition) is 1. The second-order valence-electron chi connectivity index (χ2n) is 6.80. The van der Waals surface area contributed by atoms with Crippen LogP contribution in [0.4, 0.5) is 5.69 Å².